The molecule has 0 N–H and O–H groups in total. The highest BCUT2D eigenvalue weighted by Gasteiger charge is 2.17. The topological polar surface area (TPSA) is 71.6 Å². The number of nitrogens with zero attached hydrogens (tertiary/aromatic N) is 2. The van der Waals surface area contributed by atoms with Gasteiger partial charge >= 0.3 is 5.97 Å². The highest BCUT2D eigenvalue weighted by atomic mass is 16.5. The molecule has 0 aromatic carbocycles. The second-order valence-electron chi connectivity index (χ2n) is 4.00. The molecular formula is C14H12N2O3. The second-order valence-corrected chi connectivity index (χ2v) is 4.00. The molecule has 5 heteroatoms. The fourth-order valence-electron chi connectivity index (χ4n) is 1.94. The summed E-state index contributed by atoms with van der Waals surface area (Å²) < 4.78 is 6.19. The second kappa shape index (κ2) is 4.94. The van der Waals surface area contributed by atoms with Gasteiger partial charge in [-0.3, -0.25) is 9.20 Å². The normalized spacial score (nSPS) is 10.2. The molecule has 0 fully saturated rings. The van der Waals surface area contributed by atoms with E-state index in [0.717, 1.165) is 0 Å². The van der Waals surface area contributed by atoms with Gasteiger partial charge in [0.05, 0.1) is 17.7 Å². The van der Waals surface area contributed by atoms with Crippen molar-refractivity contribution < 1.29 is 9.53 Å². The third-order valence-corrected chi connectivity index (χ3v) is 2.80. The van der Waals surface area contributed by atoms with E-state index in [9.17, 15) is 9.59 Å². The first-order valence-electron chi connectivity index (χ1n) is 5.82. The maximum absolute atomic E-state index is 12.3. The van der Waals surface area contributed by atoms with Crippen LogP contribution in [0.15, 0.2) is 29.1 Å². The van der Waals surface area contributed by atoms with Gasteiger partial charge in [0.2, 0.25) is 0 Å². The van der Waals surface area contributed by atoms with E-state index in [2.05, 4.69) is 0 Å². The van der Waals surface area contributed by atoms with Crippen molar-refractivity contribution in [2.24, 2.45) is 0 Å². The number of ether oxygens (including phenoxy) is 1. The summed E-state index contributed by atoms with van der Waals surface area (Å²) in [5.41, 5.74) is 0.827. The third kappa shape index (κ3) is 2.08. The SMILES string of the molecule is CCOC(=O)c1cc(C#N)c2cccc(C)n2c1=O. The van der Waals surface area contributed by atoms with E-state index >= 15 is 0 Å². The number of rotatable bonds is 2. The van der Waals surface area contributed by atoms with Crippen molar-refractivity contribution >= 4 is 11.5 Å². The van der Waals surface area contributed by atoms with Crippen LogP contribution in [-0.2, 0) is 4.74 Å². The first-order valence-corrected chi connectivity index (χ1v) is 5.82. The van der Waals surface area contributed by atoms with Gasteiger partial charge in [0.15, 0.2) is 0 Å². The third-order valence-electron chi connectivity index (χ3n) is 2.80. The Bertz CT molecular complexity index is 754. The highest BCUT2D eigenvalue weighted by Crippen LogP contribution is 2.12. The van der Waals surface area contributed by atoms with Crippen molar-refractivity contribution in [2.45, 2.75) is 13.8 Å². The van der Waals surface area contributed by atoms with Crippen LogP contribution in [0.2, 0.25) is 0 Å². The van der Waals surface area contributed by atoms with Gasteiger partial charge in [-0.25, -0.2) is 4.79 Å². The molecule has 0 saturated heterocycles. The summed E-state index contributed by atoms with van der Waals surface area (Å²) >= 11 is 0. The van der Waals surface area contributed by atoms with Gasteiger partial charge in [-0.2, -0.15) is 5.26 Å². The minimum atomic E-state index is -0.707. The van der Waals surface area contributed by atoms with Crippen LogP contribution in [-0.4, -0.2) is 17.0 Å². The number of nitriles is 1. The zero-order valence-electron chi connectivity index (χ0n) is 10.6. The molecular weight excluding hydrogens is 244 g/mol. The van der Waals surface area contributed by atoms with Crippen LogP contribution in [0.1, 0.15) is 28.5 Å². The minimum absolute atomic E-state index is 0.120. The lowest BCUT2D eigenvalue weighted by molar-refractivity contribution is 0.0524. The molecule has 0 spiro atoms. The summed E-state index contributed by atoms with van der Waals surface area (Å²) in [6.45, 7) is 3.58. The van der Waals surface area contributed by atoms with Gasteiger partial charge in [-0.1, -0.05) is 6.07 Å². The fraction of sp³-hybridized carbons (Fsp3) is 0.214. The first-order chi connectivity index (χ1) is 9.10. The van der Waals surface area contributed by atoms with Gasteiger partial charge in [0.1, 0.15) is 11.6 Å². The molecule has 0 radical (unpaired) electrons. The number of pyridine rings is 2. The zero-order valence-corrected chi connectivity index (χ0v) is 10.6. The molecule has 0 atom stereocenters. The van der Waals surface area contributed by atoms with E-state index in [0.29, 0.717) is 11.2 Å². The van der Waals surface area contributed by atoms with Crippen LogP contribution < -0.4 is 5.56 Å². The van der Waals surface area contributed by atoms with Crippen molar-refractivity contribution in [1.82, 2.24) is 4.40 Å². The van der Waals surface area contributed by atoms with Gasteiger partial charge in [-0.15, -0.1) is 0 Å². The highest BCUT2D eigenvalue weighted by molar-refractivity contribution is 5.90. The number of carbonyl (C=O) groups is 1. The lowest BCUT2D eigenvalue weighted by Gasteiger charge is -2.08. The van der Waals surface area contributed by atoms with Crippen LogP contribution in [0.4, 0.5) is 0 Å². The number of carbonyl (C=O) groups excluding carboxylic acids is 1. The van der Waals surface area contributed by atoms with Crippen LogP contribution in [0.25, 0.3) is 5.52 Å². The molecule has 19 heavy (non-hydrogen) atoms. The maximum Gasteiger partial charge on any atom is 0.343 e. The summed E-state index contributed by atoms with van der Waals surface area (Å²) in [5, 5.41) is 9.14. The Morgan fingerprint density at radius 1 is 1.47 bits per heavy atom. The average molecular weight is 256 g/mol. The molecule has 2 rings (SSSR count). The zero-order chi connectivity index (χ0) is 14.0. The molecule has 96 valence electrons. The van der Waals surface area contributed by atoms with Crippen molar-refractivity contribution in [1.29, 1.82) is 5.26 Å². The predicted octanol–water partition coefficient (Wildman–Crippen LogP) is 1.66. The summed E-state index contributed by atoms with van der Waals surface area (Å²) in [5.74, 6) is -0.707. The monoisotopic (exact) mass is 256 g/mol. The lowest BCUT2D eigenvalue weighted by atomic mass is 10.1. The van der Waals surface area contributed by atoms with Crippen LogP contribution in [0, 0.1) is 18.3 Å². The lowest BCUT2D eigenvalue weighted by Crippen LogP contribution is -2.25. The number of fused-ring (bicyclic) bond motifs is 1. The average Bonchev–Trinajstić information content (AvgIpc) is 2.39. The number of aromatic nitrogens is 1. The Kier molecular flexibility index (Phi) is 3.34. The molecule has 0 amide bonds. The van der Waals surface area contributed by atoms with Crippen molar-refractivity contribution in [3.8, 4) is 6.07 Å². The van der Waals surface area contributed by atoms with Gasteiger partial charge < -0.3 is 4.74 Å². The summed E-state index contributed by atoms with van der Waals surface area (Å²) in [4.78, 5) is 24.0. The first kappa shape index (κ1) is 12.8. The number of hydrogen-bond acceptors (Lipinski definition) is 4. The molecule has 2 aromatic rings. The van der Waals surface area contributed by atoms with E-state index in [4.69, 9.17) is 10.00 Å². The Balaban J connectivity index is 2.87. The van der Waals surface area contributed by atoms with Gasteiger partial charge in [0.25, 0.3) is 5.56 Å². The standard InChI is InChI=1S/C14H12N2O3/c1-3-19-14(18)11-7-10(8-15)12-6-4-5-9(2)16(12)13(11)17/h4-7H,3H2,1-2H3. The number of esters is 1. The molecule has 0 bridgehead atoms. The van der Waals surface area contributed by atoms with Gasteiger partial charge in [-0.05, 0) is 32.0 Å². The van der Waals surface area contributed by atoms with E-state index in [1.807, 2.05) is 6.07 Å². The molecule has 2 aromatic heterocycles. The summed E-state index contributed by atoms with van der Waals surface area (Å²) in [7, 11) is 0. The summed E-state index contributed by atoms with van der Waals surface area (Å²) in [6, 6.07) is 8.45. The van der Waals surface area contributed by atoms with Crippen LogP contribution >= 0.6 is 0 Å². The van der Waals surface area contributed by atoms with Crippen molar-refractivity contribution in [2.75, 3.05) is 6.61 Å². The van der Waals surface area contributed by atoms with E-state index in [-0.39, 0.29) is 17.7 Å². The molecule has 0 aliphatic rings. The van der Waals surface area contributed by atoms with Crippen molar-refractivity contribution in [3.63, 3.8) is 0 Å². The Morgan fingerprint density at radius 3 is 2.84 bits per heavy atom. The predicted molar refractivity (Wildman–Crippen MR) is 69.1 cm³/mol. The molecule has 5 nitrogen and oxygen atoms in total. The van der Waals surface area contributed by atoms with Gasteiger partial charge in [0, 0.05) is 5.69 Å². The largest absolute Gasteiger partial charge is 0.462 e. The van der Waals surface area contributed by atoms with Crippen LogP contribution in [0.3, 0.4) is 0 Å². The van der Waals surface area contributed by atoms with E-state index < -0.39 is 11.5 Å². The summed E-state index contributed by atoms with van der Waals surface area (Å²) in [6.07, 6.45) is 0. The Labute approximate surface area is 109 Å². The van der Waals surface area contributed by atoms with E-state index in [1.165, 1.54) is 10.5 Å². The van der Waals surface area contributed by atoms with Crippen LogP contribution in [0.5, 0.6) is 0 Å². The van der Waals surface area contributed by atoms with E-state index in [1.54, 1.807) is 32.0 Å². The molecule has 0 saturated carbocycles. The Morgan fingerprint density at radius 2 is 2.21 bits per heavy atom. The molecule has 0 aliphatic heterocycles. The Hall–Kier alpha value is -2.61. The number of hydrogen-bond donors (Lipinski definition) is 0. The molecule has 0 unspecified atom stereocenters. The maximum atomic E-state index is 12.3. The number of aryl methyl sites for hydroxylation is 1. The smallest absolute Gasteiger partial charge is 0.343 e. The molecule has 2 heterocycles. The quantitative estimate of drug-likeness (QED) is 0.766. The minimum Gasteiger partial charge on any atom is -0.462 e. The fourth-order valence-corrected chi connectivity index (χ4v) is 1.94. The molecule has 0 aliphatic carbocycles. The van der Waals surface area contributed by atoms with Crippen molar-refractivity contribution in [3.05, 3.63) is 51.4 Å².